The molecular formula is C13H17ClFN. The highest BCUT2D eigenvalue weighted by atomic mass is 35.5. The summed E-state index contributed by atoms with van der Waals surface area (Å²) in [6, 6.07) is 5.32. The molecule has 0 aromatic heterocycles. The molecule has 0 bridgehead atoms. The Morgan fingerprint density at radius 2 is 2.19 bits per heavy atom. The van der Waals surface area contributed by atoms with Crippen molar-refractivity contribution in [3.63, 3.8) is 0 Å². The first-order chi connectivity index (χ1) is 7.49. The van der Waals surface area contributed by atoms with Crippen LogP contribution in [0.1, 0.15) is 33.1 Å². The van der Waals surface area contributed by atoms with E-state index >= 15 is 0 Å². The normalized spacial score (nSPS) is 23.4. The van der Waals surface area contributed by atoms with E-state index in [4.69, 9.17) is 11.6 Å². The average Bonchev–Trinajstić information content (AvgIpc) is 2.52. The highest BCUT2D eigenvalue weighted by Gasteiger charge is 2.34. The van der Waals surface area contributed by atoms with Crippen LogP contribution in [0.25, 0.3) is 0 Å². The fourth-order valence-corrected chi connectivity index (χ4v) is 2.50. The maximum Gasteiger partial charge on any atom is 0.143 e. The summed E-state index contributed by atoms with van der Waals surface area (Å²) in [5.74, 6) is -0.359. The molecule has 16 heavy (non-hydrogen) atoms. The van der Waals surface area contributed by atoms with Crippen LogP contribution in [0.5, 0.6) is 0 Å². The molecule has 0 amide bonds. The van der Waals surface area contributed by atoms with Crippen LogP contribution in [0, 0.1) is 11.2 Å². The van der Waals surface area contributed by atoms with Crippen LogP contribution < -0.4 is 5.32 Å². The van der Waals surface area contributed by atoms with Crippen molar-refractivity contribution in [2.45, 2.75) is 39.2 Å². The van der Waals surface area contributed by atoms with Crippen molar-refractivity contribution in [3.8, 4) is 0 Å². The summed E-state index contributed by atoms with van der Waals surface area (Å²) in [6.45, 7) is 4.51. The fraction of sp³-hybridized carbons (Fsp3) is 0.538. The van der Waals surface area contributed by atoms with Gasteiger partial charge in [-0.2, -0.15) is 0 Å². The van der Waals surface area contributed by atoms with Gasteiger partial charge in [0.25, 0.3) is 0 Å². The first kappa shape index (κ1) is 11.7. The van der Waals surface area contributed by atoms with Crippen LogP contribution in [-0.4, -0.2) is 6.04 Å². The molecular weight excluding hydrogens is 225 g/mol. The molecule has 1 aliphatic carbocycles. The minimum Gasteiger partial charge on any atom is -0.382 e. The van der Waals surface area contributed by atoms with Crippen molar-refractivity contribution in [1.82, 2.24) is 0 Å². The van der Waals surface area contributed by atoms with Gasteiger partial charge in [-0.15, -0.1) is 0 Å². The zero-order valence-corrected chi connectivity index (χ0v) is 10.4. The van der Waals surface area contributed by atoms with Gasteiger partial charge < -0.3 is 5.32 Å². The Morgan fingerprint density at radius 3 is 2.75 bits per heavy atom. The summed E-state index contributed by atoms with van der Waals surface area (Å²) >= 11 is 5.65. The molecule has 2 rings (SSSR count). The minimum absolute atomic E-state index is 0.177. The average molecular weight is 242 g/mol. The van der Waals surface area contributed by atoms with Gasteiger partial charge in [0.05, 0.1) is 5.02 Å². The fourth-order valence-electron chi connectivity index (χ4n) is 2.38. The monoisotopic (exact) mass is 241 g/mol. The standard InChI is InChI=1S/C13H17ClFN/c1-13(2)7-3-4-12(13)16-9-5-6-10(14)11(15)8-9/h5-6,8,12,16H,3-4,7H2,1-2H3. The first-order valence-corrected chi connectivity index (χ1v) is 6.08. The number of benzene rings is 1. The number of anilines is 1. The Balaban J connectivity index is 2.12. The number of hydrogen-bond acceptors (Lipinski definition) is 1. The molecule has 1 atom stereocenters. The molecule has 0 spiro atoms. The first-order valence-electron chi connectivity index (χ1n) is 5.71. The Kier molecular flexibility index (Phi) is 3.11. The summed E-state index contributed by atoms with van der Waals surface area (Å²) in [5.41, 5.74) is 1.11. The predicted octanol–water partition coefficient (Wildman–Crippen LogP) is 4.47. The van der Waals surface area contributed by atoms with Gasteiger partial charge >= 0.3 is 0 Å². The highest BCUT2D eigenvalue weighted by Crippen LogP contribution is 2.39. The second-order valence-electron chi connectivity index (χ2n) is 5.21. The molecule has 1 N–H and O–H groups in total. The van der Waals surface area contributed by atoms with E-state index in [1.807, 2.05) is 6.07 Å². The van der Waals surface area contributed by atoms with Crippen LogP contribution >= 0.6 is 11.6 Å². The Hall–Kier alpha value is -0.760. The molecule has 1 aromatic rings. The maximum atomic E-state index is 13.3. The minimum atomic E-state index is -0.359. The summed E-state index contributed by atoms with van der Waals surface area (Å²) in [6.07, 6.45) is 3.61. The lowest BCUT2D eigenvalue weighted by molar-refractivity contribution is 0.350. The van der Waals surface area contributed by atoms with Gasteiger partial charge in [0, 0.05) is 11.7 Å². The van der Waals surface area contributed by atoms with E-state index in [2.05, 4.69) is 19.2 Å². The lowest BCUT2D eigenvalue weighted by Gasteiger charge is -2.28. The van der Waals surface area contributed by atoms with E-state index in [9.17, 15) is 4.39 Å². The zero-order chi connectivity index (χ0) is 11.8. The van der Waals surface area contributed by atoms with Crippen LogP contribution in [0.2, 0.25) is 5.02 Å². The zero-order valence-electron chi connectivity index (χ0n) is 9.69. The number of halogens is 2. The van der Waals surface area contributed by atoms with Crippen molar-refractivity contribution in [1.29, 1.82) is 0 Å². The topological polar surface area (TPSA) is 12.0 Å². The van der Waals surface area contributed by atoms with E-state index in [-0.39, 0.29) is 16.3 Å². The molecule has 0 saturated heterocycles. The summed E-state index contributed by atoms with van der Waals surface area (Å²) in [7, 11) is 0. The van der Waals surface area contributed by atoms with E-state index in [0.717, 1.165) is 12.1 Å². The Morgan fingerprint density at radius 1 is 1.44 bits per heavy atom. The predicted molar refractivity (Wildman–Crippen MR) is 66.5 cm³/mol. The Bertz CT molecular complexity index is 390. The summed E-state index contributed by atoms with van der Waals surface area (Å²) < 4.78 is 13.3. The highest BCUT2D eigenvalue weighted by molar-refractivity contribution is 6.30. The van der Waals surface area contributed by atoms with Crippen LogP contribution in [-0.2, 0) is 0 Å². The molecule has 0 aliphatic heterocycles. The maximum absolute atomic E-state index is 13.3. The largest absolute Gasteiger partial charge is 0.382 e. The molecule has 0 heterocycles. The van der Waals surface area contributed by atoms with Gasteiger partial charge in [-0.1, -0.05) is 31.9 Å². The van der Waals surface area contributed by atoms with Crippen LogP contribution in [0.4, 0.5) is 10.1 Å². The van der Waals surface area contributed by atoms with Crippen LogP contribution in [0.15, 0.2) is 18.2 Å². The summed E-state index contributed by atoms with van der Waals surface area (Å²) in [5, 5.41) is 3.58. The Labute approximate surface area is 101 Å². The lowest BCUT2D eigenvalue weighted by atomic mass is 9.87. The molecule has 88 valence electrons. The van der Waals surface area contributed by atoms with Gasteiger partial charge in [-0.05, 0) is 36.5 Å². The molecule has 3 heteroatoms. The quantitative estimate of drug-likeness (QED) is 0.806. The van der Waals surface area contributed by atoms with E-state index < -0.39 is 0 Å². The number of nitrogens with one attached hydrogen (secondary N) is 1. The van der Waals surface area contributed by atoms with Gasteiger partial charge in [0.15, 0.2) is 0 Å². The van der Waals surface area contributed by atoms with Crippen LogP contribution in [0.3, 0.4) is 0 Å². The number of hydrogen-bond donors (Lipinski definition) is 1. The third-order valence-corrected chi connectivity index (χ3v) is 3.82. The molecule has 0 radical (unpaired) electrons. The van der Waals surface area contributed by atoms with Gasteiger partial charge in [0.1, 0.15) is 5.82 Å². The van der Waals surface area contributed by atoms with Gasteiger partial charge in [-0.3, -0.25) is 0 Å². The van der Waals surface area contributed by atoms with Crippen molar-refractivity contribution < 1.29 is 4.39 Å². The van der Waals surface area contributed by atoms with Crippen molar-refractivity contribution in [2.75, 3.05) is 5.32 Å². The third kappa shape index (κ3) is 2.32. The smallest absolute Gasteiger partial charge is 0.143 e. The van der Waals surface area contributed by atoms with Gasteiger partial charge in [0.2, 0.25) is 0 Å². The summed E-state index contributed by atoms with van der Waals surface area (Å²) in [4.78, 5) is 0. The lowest BCUT2D eigenvalue weighted by Crippen LogP contribution is -2.30. The molecule has 1 aliphatic rings. The van der Waals surface area contributed by atoms with E-state index in [1.165, 1.54) is 18.9 Å². The van der Waals surface area contributed by atoms with Crippen molar-refractivity contribution in [3.05, 3.63) is 29.0 Å². The van der Waals surface area contributed by atoms with E-state index in [0.29, 0.717) is 6.04 Å². The molecule has 1 aromatic carbocycles. The second kappa shape index (κ2) is 4.25. The molecule has 1 unspecified atom stereocenters. The van der Waals surface area contributed by atoms with Crippen molar-refractivity contribution >= 4 is 17.3 Å². The molecule has 1 fully saturated rings. The van der Waals surface area contributed by atoms with Gasteiger partial charge in [-0.25, -0.2) is 4.39 Å². The third-order valence-electron chi connectivity index (χ3n) is 3.52. The SMILES string of the molecule is CC1(C)CCCC1Nc1ccc(Cl)c(F)c1. The van der Waals surface area contributed by atoms with E-state index in [1.54, 1.807) is 6.07 Å². The second-order valence-corrected chi connectivity index (χ2v) is 5.61. The molecule has 1 saturated carbocycles. The van der Waals surface area contributed by atoms with Crippen molar-refractivity contribution in [2.24, 2.45) is 5.41 Å². The number of rotatable bonds is 2. The molecule has 1 nitrogen and oxygen atoms in total.